The zero-order valence-electron chi connectivity index (χ0n) is 20.7. The van der Waals surface area contributed by atoms with Gasteiger partial charge in [-0.1, -0.05) is 102 Å². The topological polar surface area (TPSA) is 30.7 Å². The number of nitrogens with zero attached hydrogens (tertiary/aromatic N) is 3. The molecular formula is C31H19F5N3P. The van der Waals surface area contributed by atoms with Gasteiger partial charge in [0.25, 0.3) is 0 Å². The lowest BCUT2D eigenvalue weighted by Gasteiger charge is -2.24. The maximum Gasteiger partial charge on any atom is 0.200 e. The number of aromatic nitrogens is 3. The fraction of sp³-hybridized carbons (Fsp3) is 0.0323. The second-order valence-corrected chi connectivity index (χ2v) is 11.2. The van der Waals surface area contributed by atoms with Crippen LogP contribution in [0.5, 0.6) is 0 Å². The Morgan fingerprint density at radius 2 is 1.15 bits per heavy atom. The molecule has 0 aliphatic carbocycles. The van der Waals surface area contributed by atoms with Gasteiger partial charge in [-0.15, -0.1) is 5.10 Å². The zero-order chi connectivity index (χ0) is 27.8. The molecule has 0 unspecified atom stereocenters. The molecule has 0 fully saturated rings. The van der Waals surface area contributed by atoms with Crippen LogP contribution < -0.4 is 15.9 Å². The third kappa shape index (κ3) is 4.44. The van der Waals surface area contributed by atoms with E-state index in [0.717, 1.165) is 26.7 Å². The number of benzene rings is 5. The monoisotopic (exact) mass is 559 g/mol. The van der Waals surface area contributed by atoms with Crippen molar-refractivity contribution in [2.75, 3.05) is 0 Å². The van der Waals surface area contributed by atoms with Gasteiger partial charge in [-0.3, -0.25) is 0 Å². The average molecular weight is 559 g/mol. The van der Waals surface area contributed by atoms with Gasteiger partial charge in [0.2, 0.25) is 5.82 Å². The molecule has 0 radical (unpaired) electrons. The van der Waals surface area contributed by atoms with E-state index in [4.69, 9.17) is 0 Å². The Hall–Kier alpha value is -4.42. The molecule has 5 aromatic carbocycles. The third-order valence-electron chi connectivity index (χ3n) is 6.66. The third-order valence-corrected chi connectivity index (χ3v) is 9.14. The average Bonchev–Trinajstić information content (AvgIpc) is 3.46. The van der Waals surface area contributed by atoms with Crippen molar-refractivity contribution in [1.82, 2.24) is 15.0 Å². The van der Waals surface area contributed by atoms with Crippen LogP contribution >= 0.6 is 7.92 Å². The summed E-state index contributed by atoms with van der Waals surface area (Å²) in [6.45, 7) is -0.710. The van der Waals surface area contributed by atoms with Crippen molar-refractivity contribution < 1.29 is 22.0 Å². The van der Waals surface area contributed by atoms with Crippen LogP contribution in [0, 0.1) is 29.1 Å². The maximum absolute atomic E-state index is 14.7. The van der Waals surface area contributed by atoms with E-state index < -0.39 is 49.1 Å². The standard InChI is InChI=1S/C31H19F5N3P/c32-27-23(28(33)30(35)31(36)29(27)34)18-39-24(17-37-38-39)26-22-14-8-7-9-19(22)15-16-25(26)40(20-10-3-1-4-11-20)21-12-5-2-6-13-21/h1-17H,18H2. The predicted octanol–water partition coefficient (Wildman–Crippen LogP) is 6.60. The minimum atomic E-state index is -2.20. The van der Waals surface area contributed by atoms with Crippen LogP contribution in [-0.2, 0) is 6.54 Å². The fourth-order valence-electron chi connectivity index (χ4n) is 4.80. The van der Waals surface area contributed by atoms with Gasteiger partial charge in [0.1, 0.15) is 0 Å². The number of hydrogen-bond donors (Lipinski definition) is 0. The van der Waals surface area contributed by atoms with Crippen molar-refractivity contribution in [3.63, 3.8) is 0 Å². The summed E-state index contributed by atoms with van der Waals surface area (Å²) in [4.78, 5) is 0. The van der Waals surface area contributed by atoms with Crippen molar-refractivity contribution in [3.8, 4) is 11.3 Å². The first-order chi connectivity index (χ1) is 19.5. The van der Waals surface area contributed by atoms with Crippen LogP contribution in [0.4, 0.5) is 22.0 Å². The predicted molar refractivity (Wildman–Crippen MR) is 147 cm³/mol. The molecule has 0 atom stereocenters. The summed E-state index contributed by atoms with van der Waals surface area (Å²) < 4.78 is 72.2. The molecule has 6 aromatic rings. The lowest BCUT2D eigenvalue weighted by atomic mass is 10.0. The van der Waals surface area contributed by atoms with Crippen molar-refractivity contribution in [3.05, 3.63) is 138 Å². The minimum Gasteiger partial charge on any atom is -0.240 e. The highest BCUT2D eigenvalue weighted by Gasteiger charge is 2.28. The van der Waals surface area contributed by atoms with E-state index in [0.29, 0.717) is 11.3 Å². The number of fused-ring (bicyclic) bond motifs is 1. The van der Waals surface area contributed by atoms with E-state index in [-0.39, 0.29) is 0 Å². The van der Waals surface area contributed by atoms with Crippen LogP contribution in [0.1, 0.15) is 5.56 Å². The second-order valence-electron chi connectivity index (χ2n) is 9.01. The van der Waals surface area contributed by atoms with E-state index in [1.165, 1.54) is 10.9 Å². The van der Waals surface area contributed by atoms with Crippen molar-refractivity contribution in [2.45, 2.75) is 6.54 Å². The lowest BCUT2D eigenvalue weighted by molar-refractivity contribution is 0.366. The summed E-state index contributed by atoms with van der Waals surface area (Å²) >= 11 is 0. The molecule has 0 aliphatic heterocycles. The molecule has 1 heterocycles. The maximum atomic E-state index is 14.7. The molecule has 1 aromatic heterocycles. The van der Waals surface area contributed by atoms with Crippen molar-refractivity contribution in [1.29, 1.82) is 0 Å². The quantitative estimate of drug-likeness (QED) is 0.0997. The lowest BCUT2D eigenvalue weighted by Crippen LogP contribution is -2.23. The summed E-state index contributed by atoms with van der Waals surface area (Å²) in [5.74, 6) is -10.00. The molecule has 3 nitrogen and oxygen atoms in total. The molecule has 0 aliphatic rings. The van der Waals surface area contributed by atoms with Crippen LogP contribution in [0.2, 0.25) is 0 Å². The molecular weight excluding hydrogens is 540 g/mol. The Kier molecular flexibility index (Phi) is 6.86. The first-order valence-electron chi connectivity index (χ1n) is 12.3. The van der Waals surface area contributed by atoms with Crippen LogP contribution in [-0.4, -0.2) is 15.0 Å². The number of halogens is 5. The van der Waals surface area contributed by atoms with Crippen LogP contribution in [0.25, 0.3) is 22.0 Å². The van der Waals surface area contributed by atoms with Gasteiger partial charge in [-0.05, 0) is 34.6 Å². The Labute approximate surface area is 227 Å². The molecule has 6 rings (SSSR count). The van der Waals surface area contributed by atoms with Crippen molar-refractivity contribution in [2.24, 2.45) is 0 Å². The van der Waals surface area contributed by atoms with Gasteiger partial charge in [0.15, 0.2) is 23.3 Å². The fourth-order valence-corrected chi connectivity index (χ4v) is 7.28. The zero-order valence-corrected chi connectivity index (χ0v) is 21.6. The summed E-state index contributed by atoms with van der Waals surface area (Å²) in [6.07, 6.45) is 1.45. The van der Waals surface area contributed by atoms with Crippen LogP contribution in [0.3, 0.4) is 0 Å². The normalized spacial score (nSPS) is 11.4. The van der Waals surface area contributed by atoms with E-state index in [1.807, 2.05) is 97.1 Å². The number of rotatable bonds is 6. The Morgan fingerprint density at radius 1 is 0.600 bits per heavy atom. The van der Waals surface area contributed by atoms with E-state index >= 15 is 0 Å². The van der Waals surface area contributed by atoms with Gasteiger partial charge < -0.3 is 0 Å². The van der Waals surface area contributed by atoms with E-state index in [1.54, 1.807) is 0 Å². The highest BCUT2D eigenvalue weighted by molar-refractivity contribution is 7.80. The Morgan fingerprint density at radius 3 is 1.77 bits per heavy atom. The molecule has 40 heavy (non-hydrogen) atoms. The molecule has 0 amide bonds. The molecule has 0 saturated carbocycles. The van der Waals surface area contributed by atoms with Gasteiger partial charge in [0, 0.05) is 5.56 Å². The summed E-state index contributed by atoms with van der Waals surface area (Å²) in [7, 11) is -1.13. The largest absolute Gasteiger partial charge is 0.240 e. The first kappa shape index (κ1) is 25.8. The highest BCUT2D eigenvalue weighted by Crippen LogP contribution is 2.40. The SMILES string of the molecule is Fc1c(F)c(F)c(Cn2nncc2-c2c(P(c3ccccc3)c3ccccc3)ccc3ccccc23)c(F)c1F. The molecule has 198 valence electrons. The summed E-state index contributed by atoms with van der Waals surface area (Å²) in [6, 6.07) is 31.6. The van der Waals surface area contributed by atoms with Gasteiger partial charge >= 0.3 is 0 Å². The second kappa shape index (κ2) is 10.6. The van der Waals surface area contributed by atoms with Gasteiger partial charge in [-0.25, -0.2) is 26.6 Å². The molecule has 0 bridgehead atoms. The van der Waals surface area contributed by atoms with Gasteiger partial charge in [0.05, 0.1) is 24.0 Å². The van der Waals surface area contributed by atoms with Gasteiger partial charge in [-0.2, -0.15) is 0 Å². The van der Waals surface area contributed by atoms with E-state index in [9.17, 15) is 22.0 Å². The van der Waals surface area contributed by atoms with Crippen LogP contribution in [0.15, 0.2) is 103 Å². The first-order valence-corrected chi connectivity index (χ1v) is 13.6. The minimum absolute atomic E-state index is 0.384. The van der Waals surface area contributed by atoms with Crippen molar-refractivity contribution >= 4 is 34.6 Å². The smallest absolute Gasteiger partial charge is 0.200 e. The highest BCUT2D eigenvalue weighted by atomic mass is 31.1. The Balaban J connectivity index is 1.60. The molecule has 0 saturated heterocycles. The Bertz CT molecular complexity index is 1770. The number of hydrogen-bond acceptors (Lipinski definition) is 2. The molecule has 9 heteroatoms. The summed E-state index contributed by atoms with van der Waals surface area (Å²) in [5, 5.41) is 12.8. The summed E-state index contributed by atoms with van der Waals surface area (Å²) in [5.41, 5.74) is 0.110. The molecule has 0 spiro atoms. The molecule has 0 N–H and O–H groups in total. The van der Waals surface area contributed by atoms with E-state index in [2.05, 4.69) is 10.3 Å².